The summed E-state index contributed by atoms with van der Waals surface area (Å²) in [6.45, 7) is 0. The number of rotatable bonds is 3. The highest BCUT2D eigenvalue weighted by atomic mass is 16.5. The Balaban J connectivity index is 1.82. The molecule has 2 aliphatic carbocycles. The molecule has 2 saturated carbocycles. The monoisotopic (exact) mass is 183 g/mol. The second-order valence-electron chi connectivity index (χ2n) is 4.09. The average Bonchev–Trinajstić information content (AvgIpc) is 2.88. The van der Waals surface area contributed by atoms with Crippen LogP contribution in [-0.2, 0) is 9.53 Å². The molecule has 13 heavy (non-hydrogen) atoms. The zero-order chi connectivity index (χ0) is 9.26. The number of methoxy groups -OCH3 is 1. The van der Waals surface area contributed by atoms with Crippen LogP contribution in [0.4, 0.5) is 0 Å². The van der Waals surface area contributed by atoms with Crippen molar-refractivity contribution in [1.29, 1.82) is 0 Å². The molecule has 2 rings (SSSR count). The van der Waals surface area contributed by atoms with Crippen LogP contribution >= 0.6 is 0 Å². The summed E-state index contributed by atoms with van der Waals surface area (Å²) in [5.41, 5.74) is 0. The van der Waals surface area contributed by atoms with Crippen molar-refractivity contribution in [1.82, 2.24) is 5.32 Å². The minimum atomic E-state index is 0.244. The molecule has 0 aromatic carbocycles. The van der Waals surface area contributed by atoms with Gasteiger partial charge >= 0.3 is 0 Å². The van der Waals surface area contributed by atoms with Crippen LogP contribution < -0.4 is 5.32 Å². The van der Waals surface area contributed by atoms with E-state index in [0.717, 1.165) is 25.7 Å². The molecule has 2 atom stereocenters. The van der Waals surface area contributed by atoms with Gasteiger partial charge in [0.15, 0.2) is 0 Å². The fourth-order valence-corrected chi connectivity index (χ4v) is 2.02. The van der Waals surface area contributed by atoms with Crippen molar-refractivity contribution in [3.63, 3.8) is 0 Å². The van der Waals surface area contributed by atoms with E-state index in [9.17, 15) is 4.79 Å². The number of hydrogen-bond donors (Lipinski definition) is 1. The summed E-state index contributed by atoms with van der Waals surface area (Å²) in [5.74, 6) is 0.562. The van der Waals surface area contributed by atoms with E-state index >= 15 is 0 Å². The highest BCUT2D eigenvalue weighted by Crippen LogP contribution is 2.30. The predicted molar refractivity (Wildman–Crippen MR) is 49.3 cm³/mol. The molecule has 0 bridgehead atoms. The van der Waals surface area contributed by atoms with Crippen LogP contribution in [0.25, 0.3) is 0 Å². The second-order valence-corrected chi connectivity index (χ2v) is 4.09. The molecule has 0 radical (unpaired) electrons. The minimum absolute atomic E-state index is 0.244. The van der Waals surface area contributed by atoms with Gasteiger partial charge in [0, 0.05) is 13.0 Å². The molecular weight excluding hydrogens is 166 g/mol. The summed E-state index contributed by atoms with van der Waals surface area (Å²) in [5, 5.41) is 3.08. The first-order valence-electron chi connectivity index (χ1n) is 5.14. The van der Waals surface area contributed by atoms with Crippen molar-refractivity contribution < 1.29 is 9.53 Å². The van der Waals surface area contributed by atoms with Crippen molar-refractivity contribution in [3.05, 3.63) is 0 Å². The van der Waals surface area contributed by atoms with Gasteiger partial charge in [0.2, 0.25) is 5.91 Å². The maximum atomic E-state index is 11.5. The van der Waals surface area contributed by atoms with Crippen LogP contribution in [0.1, 0.15) is 32.1 Å². The molecule has 2 aliphatic rings. The molecule has 0 saturated heterocycles. The maximum Gasteiger partial charge on any atom is 0.223 e. The van der Waals surface area contributed by atoms with Crippen LogP contribution in [0.3, 0.4) is 0 Å². The predicted octanol–water partition coefficient (Wildman–Crippen LogP) is 1.08. The first kappa shape index (κ1) is 9.00. The summed E-state index contributed by atoms with van der Waals surface area (Å²) in [6, 6.07) is 0.276. The normalized spacial score (nSPS) is 33.3. The van der Waals surface area contributed by atoms with Gasteiger partial charge in [0.05, 0.1) is 12.1 Å². The van der Waals surface area contributed by atoms with Crippen LogP contribution in [0.5, 0.6) is 0 Å². The number of carbonyl (C=O) groups excluding carboxylic acids is 1. The minimum Gasteiger partial charge on any atom is -0.379 e. The Bertz CT molecular complexity index is 201. The Labute approximate surface area is 78.8 Å². The highest BCUT2D eigenvalue weighted by Gasteiger charge is 2.34. The van der Waals surface area contributed by atoms with Crippen molar-refractivity contribution in [2.24, 2.45) is 5.92 Å². The molecule has 0 heterocycles. The van der Waals surface area contributed by atoms with E-state index in [4.69, 9.17) is 4.74 Å². The summed E-state index contributed by atoms with van der Waals surface area (Å²) < 4.78 is 5.31. The van der Waals surface area contributed by atoms with E-state index < -0.39 is 0 Å². The Morgan fingerprint density at radius 1 is 1.31 bits per heavy atom. The molecule has 1 N–H and O–H groups in total. The van der Waals surface area contributed by atoms with Crippen molar-refractivity contribution in [3.8, 4) is 0 Å². The van der Waals surface area contributed by atoms with Gasteiger partial charge < -0.3 is 10.1 Å². The Morgan fingerprint density at radius 2 is 2.08 bits per heavy atom. The standard InChI is InChI=1S/C10H17NO2/c1-13-9-4-2-3-8(9)11-10(12)7-5-6-7/h7-9H,2-6H2,1H3,(H,11,12)/t8-,9-/m1/s1. The number of ether oxygens (including phenoxy) is 1. The molecule has 74 valence electrons. The fraction of sp³-hybridized carbons (Fsp3) is 0.900. The molecule has 0 aromatic rings. The summed E-state index contributed by atoms with van der Waals surface area (Å²) >= 11 is 0. The highest BCUT2D eigenvalue weighted by molar-refractivity contribution is 5.81. The average molecular weight is 183 g/mol. The van der Waals surface area contributed by atoms with Crippen molar-refractivity contribution >= 4 is 5.91 Å². The third-order valence-corrected chi connectivity index (χ3v) is 3.03. The number of carbonyl (C=O) groups is 1. The largest absolute Gasteiger partial charge is 0.379 e. The van der Waals surface area contributed by atoms with Gasteiger partial charge in [-0.05, 0) is 32.1 Å². The summed E-state index contributed by atoms with van der Waals surface area (Å²) in [4.78, 5) is 11.5. The van der Waals surface area contributed by atoms with Crippen molar-refractivity contribution in [2.75, 3.05) is 7.11 Å². The van der Waals surface area contributed by atoms with Gasteiger partial charge in [-0.2, -0.15) is 0 Å². The van der Waals surface area contributed by atoms with E-state index in [2.05, 4.69) is 5.32 Å². The summed E-state index contributed by atoms with van der Waals surface area (Å²) in [6.07, 6.45) is 5.76. The third kappa shape index (κ3) is 2.02. The first-order chi connectivity index (χ1) is 6.31. The van der Waals surface area contributed by atoms with Crippen LogP contribution in [-0.4, -0.2) is 25.2 Å². The zero-order valence-corrected chi connectivity index (χ0v) is 8.08. The molecule has 0 unspecified atom stereocenters. The van der Waals surface area contributed by atoms with Gasteiger partial charge in [0.1, 0.15) is 0 Å². The lowest BCUT2D eigenvalue weighted by Gasteiger charge is -2.19. The van der Waals surface area contributed by atoms with Crippen LogP contribution in [0.15, 0.2) is 0 Å². The Kier molecular flexibility index (Phi) is 2.54. The van der Waals surface area contributed by atoms with E-state index in [1.54, 1.807) is 7.11 Å². The Morgan fingerprint density at radius 3 is 2.69 bits per heavy atom. The lowest BCUT2D eigenvalue weighted by Crippen LogP contribution is -2.41. The van der Waals surface area contributed by atoms with E-state index in [0.29, 0.717) is 5.92 Å². The number of nitrogens with one attached hydrogen (secondary N) is 1. The molecule has 0 aromatic heterocycles. The fourth-order valence-electron chi connectivity index (χ4n) is 2.02. The quantitative estimate of drug-likeness (QED) is 0.711. The third-order valence-electron chi connectivity index (χ3n) is 3.03. The van der Waals surface area contributed by atoms with Gasteiger partial charge in [-0.15, -0.1) is 0 Å². The lowest BCUT2D eigenvalue weighted by molar-refractivity contribution is -0.123. The molecule has 3 nitrogen and oxygen atoms in total. The summed E-state index contributed by atoms with van der Waals surface area (Å²) in [7, 11) is 1.73. The van der Waals surface area contributed by atoms with Crippen molar-refractivity contribution in [2.45, 2.75) is 44.2 Å². The number of amides is 1. The van der Waals surface area contributed by atoms with Gasteiger partial charge in [-0.3, -0.25) is 4.79 Å². The van der Waals surface area contributed by atoms with Crippen LogP contribution in [0, 0.1) is 5.92 Å². The number of hydrogen-bond acceptors (Lipinski definition) is 2. The molecule has 3 heteroatoms. The van der Waals surface area contributed by atoms with E-state index in [1.165, 1.54) is 6.42 Å². The topological polar surface area (TPSA) is 38.3 Å². The van der Waals surface area contributed by atoms with Crippen LogP contribution in [0.2, 0.25) is 0 Å². The Hall–Kier alpha value is -0.570. The van der Waals surface area contributed by atoms with Gasteiger partial charge in [0.25, 0.3) is 0 Å². The SMILES string of the molecule is CO[C@@H]1CCC[C@H]1NC(=O)C1CC1. The molecule has 2 fully saturated rings. The van der Waals surface area contributed by atoms with Gasteiger partial charge in [-0.1, -0.05) is 0 Å². The molecule has 0 spiro atoms. The lowest BCUT2D eigenvalue weighted by atomic mass is 10.2. The van der Waals surface area contributed by atoms with E-state index in [1.807, 2.05) is 0 Å². The molecular formula is C10H17NO2. The zero-order valence-electron chi connectivity index (χ0n) is 8.08. The van der Waals surface area contributed by atoms with E-state index in [-0.39, 0.29) is 18.1 Å². The van der Waals surface area contributed by atoms with Gasteiger partial charge in [-0.25, -0.2) is 0 Å². The first-order valence-corrected chi connectivity index (χ1v) is 5.14. The molecule has 0 aliphatic heterocycles. The maximum absolute atomic E-state index is 11.5. The smallest absolute Gasteiger partial charge is 0.223 e. The molecule has 1 amide bonds. The second kappa shape index (κ2) is 3.66.